The van der Waals surface area contributed by atoms with E-state index in [2.05, 4.69) is 20.6 Å². The molecule has 1 aliphatic rings. The first-order valence-corrected chi connectivity index (χ1v) is 9.44. The van der Waals surface area contributed by atoms with Crippen molar-refractivity contribution in [2.24, 2.45) is 5.92 Å². The smallest absolute Gasteiger partial charge is 0.199 e. The Hall–Kier alpha value is -2.72. The minimum atomic E-state index is -1.18. The van der Waals surface area contributed by atoms with Gasteiger partial charge in [-0.15, -0.1) is 0 Å². The van der Waals surface area contributed by atoms with E-state index in [0.29, 0.717) is 47.5 Å². The molecule has 0 aliphatic carbocycles. The number of nitrogen functional groups attached to an aromatic ring is 1. The molecule has 150 valence electrons. The van der Waals surface area contributed by atoms with E-state index in [0.717, 1.165) is 25.0 Å². The zero-order chi connectivity index (χ0) is 19.9. The second-order valence-corrected chi connectivity index (χ2v) is 7.57. The lowest BCUT2D eigenvalue weighted by Gasteiger charge is -2.19. The van der Waals surface area contributed by atoms with E-state index < -0.39 is 5.60 Å². The number of pyridine rings is 1. The van der Waals surface area contributed by atoms with Crippen LogP contribution in [-0.2, 0) is 12.1 Å². The highest BCUT2D eigenvalue weighted by Crippen LogP contribution is 2.36. The fourth-order valence-electron chi connectivity index (χ4n) is 3.57. The second-order valence-electron chi connectivity index (χ2n) is 7.57. The maximum Gasteiger partial charge on any atom is 0.199 e. The van der Waals surface area contributed by atoms with Gasteiger partial charge in [0, 0.05) is 19.0 Å². The first kappa shape index (κ1) is 18.6. The van der Waals surface area contributed by atoms with Gasteiger partial charge in [-0.25, -0.2) is 9.61 Å². The van der Waals surface area contributed by atoms with Gasteiger partial charge < -0.3 is 25.5 Å². The quantitative estimate of drug-likeness (QED) is 0.571. The summed E-state index contributed by atoms with van der Waals surface area (Å²) in [7, 11) is 0. The van der Waals surface area contributed by atoms with Crippen molar-refractivity contribution in [3.05, 3.63) is 11.9 Å². The van der Waals surface area contributed by atoms with Crippen molar-refractivity contribution < 1.29 is 14.5 Å². The molecule has 0 amide bonds. The van der Waals surface area contributed by atoms with Crippen molar-refractivity contribution in [3.8, 4) is 17.3 Å². The number of fused-ring (bicyclic) bond motifs is 1. The normalized spacial score (nSPS) is 17.5. The van der Waals surface area contributed by atoms with Crippen molar-refractivity contribution in [2.45, 2.75) is 39.3 Å². The van der Waals surface area contributed by atoms with Crippen molar-refractivity contribution in [2.75, 3.05) is 25.4 Å². The van der Waals surface area contributed by atoms with Gasteiger partial charge in [0.15, 0.2) is 23.1 Å². The molecule has 4 heterocycles. The molecule has 3 aromatic heterocycles. The molecule has 1 atom stereocenters. The minimum Gasteiger partial charge on any atom is -0.489 e. The summed E-state index contributed by atoms with van der Waals surface area (Å²) >= 11 is 0. The average molecular weight is 387 g/mol. The van der Waals surface area contributed by atoms with Crippen molar-refractivity contribution in [1.29, 1.82) is 0 Å². The number of aryl methyl sites for hydroxylation is 1. The van der Waals surface area contributed by atoms with E-state index in [1.807, 2.05) is 11.5 Å². The number of aliphatic hydroxyl groups is 1. The highest BCUT2D eigenvalue weighted by atomic mass is 16.6. The largest absolute Gasteiger partial charge is 0.489 e. The summed E-state index contributed by atoms with van der Waals surface area (Å²) in [6.45, 7) is 8.47. The number of nitrogens with one attached hydrogen (secondary N) is 1. The molecular formula is C18H25N7O3. The zero-order valence-electron chi connectivity index (χ0n) is 16.3. The molecular weight excluding hydrogens is 362 g/mol. The monoisotopic (exact) mass is 387 g/mol. The number of rotatable bonds is 6. The molecule has 0 bridgehead atoms. The van der Waals surface area contributed by atoms with Crippen LogP contribution >= 0.6 is 0 Å². The van der Waals surface area contributed by atoms with Crippen LogP contribution in [0.5, 0.6) is 5.75 Å². The Morgan fingerprint density at radius 2 is 2.25 bits per heavy atom. The fourth-order valence-corrected chi connectivity index (χ4v) is 3.57. The molecule has 1 unspecified atom stereocenters. The van der Waals surface area contributed by atoms with E-state index in [1.54, 1.807) is 20.0 Å². The second kappa shape index (κ2) is 7.02. The first-order chi connectivity index (χ1) is 13.4. The van der Waals surface area contributed by atoms with Crippen LogP contribution in [0.3, 0.4) is 0 Å². The third kappa shape index (κ3) is 3.18. The van der Waals surface area contributed by atoms with E-state index in [1.165, 1.54) is 0 Å². The van der Waals surface area contributed by atoms with Crippen LogP contribution < -0.4 is 15.8 Å². The molecule has 0 saturated carbocycles. The van der Waals surface area contributed by atoms with Crippen molar-refractivity contribution in [1.82, 2.24) is 30.2 Å². The summed E-state index contributed by atoms with van der Waals surface area (Å²) in [5.41, 5.74) is 6.83. The summed E-state index contributed by atoms with van der Waals surface area (Å²) in [6, 6.07) is 0. The van der Waals surface area contributed by atoms with Crippen LogP contribution in [0.25, 0.3) is 22.6 Å². The Labute approximate surface area is 162 Å². The Bertz CT molecular complexity index is 983. The van der Waals surface area contributed by atoms with Gasteiger partial charge in [-0.05, 0) is 44.1 Å². The van der Waals surface area contributed by atoms with E-state index in [4.69, 9.17) is 20.1 Å². The zero-order valence-corrected chi connectivity index (χ0v) is 16.3. The maximum absolute atomic E-state index is 10.6. The summed E-state index contributed by atoms with van der Waals surface area (Å²) in [4.78, 5) is 9.16. The Morgan fingerprint density at radius 3 is 2.86 bits per heavy atom. The predicted molar refractivity (Wildman–Crippen MR) is 103 cm³/mol. The lowest BCUT2D eigenvalue weighted by molar-refractivity contribution is 0.0753. The Kier molecular flexibility index (Phi) is 4.68. The molecule has 10 nitrogen and oxygen atoms in total. The molecule has 0 radical (unpaired) electrons. The molecule has 0 spiro atoms. The highest BCUT2D eigenvalue weighted by Gasteiger charge is 2.29. The number of hydrogen-bond donors (Lipinski definition) is 3. The van der Waals surface area contributed by atoms with Crippen LogP contribution in [0.1, 0.15) is 32.9 Å². The van der Waals surface area contributed by atoms with Gasteiger partial charge in [-0.3, -0.25) is 4.98 Å². The van der Waals surface area contributed by atoms with Gasteiger partial charge in [0.1, 0.15) is 16.6 Å². The van der Waals surface area contributed by atoms with E-state index in [9.17, 15) is 5.11 Å². The standard InChI is InChI=1S/C18H25N7O3/c1-4-25-14-11(27-9-10-5-6-20-7-10)8-21-15(18(2,3)26)12(14)22-17(25)13-16(19)24-28-23-13/h8,10,20,26H,4-7,9H2,1-3H3,(H2,19,24). The Morgan fingerprint density at radius 1 is 1.43 bits per heavy atom. The molecule has 4 rings (SSSR count). The maximum atomic E-state index is 10.6. The number of nitrogens with two attached hydrogens (primary N) is 1. The molecule has 10 heteroatoms. The Balaban J connectivity index is 1.88. The number of aromatic nitrogens is 5. The molecule has 1 aliphatic heterocycles. The van der Waals surface area contributed by atoms with Crippen LogP contribution in [0.4, 0.5) is 5.82 Å². The van der Waals surface area contributed by atoms with Gasteiger partial charge in [-0.1, -0.05) is 0 Å². The molecule has 3 aromatic rings. The summed E-state index contributed by atoms with van der Waals surface area (Å²) < 4.78 is 12.8. The minimum absolute atomic E-state index is 0.155. The fraction of sp³-hybridized carbons (Fsp3) is 0.556. The summed E-state index contributed by atoms with van der Waals surface area (Å²) in [6.07, 6.45) is 2.73. The van der Waals surface area contributed by atoms with Gasteiger partial charge in [0.2, 0.25) is 0 Å². The number of ether oxygens (including phenoxy) is 1. The van der Waals surface area contributed by atoms with E-state index in [-0.39, 0.29) is 5.82 Å². The molecule has 1 fully saturated rings. The molecule has 1 saturated heterocycles. The topological polar surface area (TPSA) is 137 Å². The van der Waals surface area contributed by atoms with Gasteiger partial charge in [0.05, 0.1) is 18.5 Å². The first-order valence-electron chi connectivity index (χ1n) is 9.44. The van der Waals surface area contributed by atoms with Gasteiger partial charge in [0.25, 0.3) is 0 Å². The van der Waals surface area contributed by atoms with Crippen LogP contribution in [0.2, 0.25) is 0 Å². The van der Waals surface area contributed by atoms with Crippen LogP contribution in [-0.4, -0.2) is 49.7 Å². The third-order valence-electron chi connectivity index (χ3n) is 4.99. The highest BCUT2D eigenvalue weighted by molar-refractivity contribution is 5.88. The number of hydrogen-bond acceptors (Lipinski definition) is 9. The van der Waals surface area contributed by atoms with Gasteiger partial charge >= 0.3 is 0 Å². The number of nitrogens with zero attached hydrogens (tertiary/aromatic N) is 5. The predicted octanol–water partition coefficient (Wildman–Crippen LogP) is 1.30. The summed E-state index contributed by atoms with van der Waals surface area (Å²) in [5.74, 6) is 1.73. The van der Waals surface area contributed by atoms with E-state index >= 15 is 0 Å². The lowest BCUT2D eigenvalue weighted by Crippen LogP contribution is -2.19. The van der Waals surface area contributed by atoms with Crippen molar-refractivity contribution >= 4 is 16.9 Å². The van der Waals surface area contributed by atoms with Crippen molar-refractivity contribution in [3.63, 3.8) is 0 Å². The average Bonchev–Trinajstić information content (AvgIpc) is 3.37. The SMILES string of the molecule is CCn1c(-c2nonc2N)nc2c(C(C)(C)O)ncc(OCC3CCNC3)c21. The molecule has 4 N–H and O–H groups in total. The molecule has 0 aromatic carbocycles. The van der Waals surface area contributed by atoms with Gasteiger partial charge in [-0.2, -0.15) is 0 Å². The number of imidazole rings is 1. The number of anilines is 1. The van der Waals surface area contributed by atoms with Crippen LogP contribution in [0, 0.1) is 5.92 Å². The lowest BCUT2D eigenvalue weighted by atomic mass is 10.0. The van der Waals surface area contributed by atoms with Crippen LogP contribution in [0.15, 0.2) is 10.8 Å². The third-order valence-corrected chi connectivity index (χ3v) is 4.99. The molecule has 28 heavy (non-hydrogen) atoms. The summed E-state index contributed by atoms with van der Waals surface area (Å²) in [5, 5.41) is 21.5.